The van der Waals surface area contributed by atoms with E-state index < -0.39 is 17.8 Å². The quantitative estimate of drug-likeness (QED) is 0.560. The normalized spacial score (nSPS) is 20.7. The number of benzene rings is 2. The highest BCUT2D eigenvalue weighted by atomic mass is 16.6. The molecule has 0 fully saturated rings. The smallest absolute Gasteiger partial charge is 0.315 e. The highest BCUT2D eigenvalue weighted by Crippen LogP contribution is 2.44. The average Bonchev–Trinajstić information content (AvgIpc) is 2.76. The van der Waals surface area contributed by atoms with Gasteiger partial charge >= 0.3 is 5.97 Å². The summed E-state index contributed by atoms with van der Waals surface area (Å²) >= 11 is 0. The van der Waals surface area contributed by atoms with Gasteiger partial charge in [0.1, 0.15) is 30.6 Å². The van der Waals surface area contributed by atoms with Crippen LogP contribution in [0.3, 0.4) is 0 Å². The number of allylic oxidation sites excluding steroid dienone is 2. The van der Waals surface area contributed by atoms with Crippen LogP contribution in [0, 0.1) is 5.92 Å². The maximum absolute atomic E-state index is 13.1. The monoisotopic (exact) mass is 419 g/mol. The molecule has 0 saturated carbocycles. The highest BCUT2D eigenvalue weighted by Gasteiger charge is 2.43. The van der Waals surface area contributed by atoms with Gasteiger partial charge in [0, 0.05) is 29.3 Å². The third-order valence-electron chi connectivity index (χ3n) is 5.66. The molecule has 4 rings (SSSR count). The number of aromatic hydroxyl groups is 1. The molecule has 1 heterocycles. The fraction of sp³-hybridized carbons (Fsp3) is 0.320. The number of aliphatic imine (C=N–C) groups is 1. The molecule has 0 amide bonds. The number of Topliss-reactive ketones (excluding diaryl/α,β-unsaturated/α-hetero) is 1. The average molecular weight is 419 g/mol. The van der Waals surface area contributed by atoms with Crippen molar-refractivity contribution in [2.24, 2.45) is 10.9 Å². The summed E-state index contributed by atoms with van der Waals surface area (Å²) < 4.78 is 11.1. The van der Waals surface area contributed by atoms with Gasteiger partial charge in [-0.2, -0.15) is 0 Å². The number of esters is 1. The maximum Gasteiger partial charge on any atom is 0.315 e. The van der Waals surface area contributed by atoms with Crippen molar-refractivity contribution >= 4 is 17.5 Å². The number of ketones is 1. The van der Waals surface area contributed by atoms with E-state index in [2.05, 4.69) is 4.99 Å². The van der Waals surface area contributed by atoms with Crippen LogP contribution in [-0.2, 0) is 14.3 Å². The third-order valence-corrected chi connectivity index (χ3v) is 5.66. The molecule has 1 unspecified atom stereocenters. The van der Waals surface area contributed by atoms with Crippen molar-refractivity contribution in [3.8, 4) is 11.5 Å². The van der Waals surface area contributed by atoms with Gasteiger partial charge in [-0.05, 0) is 49.6 Å². The zero-order chi connectivity index (χ0) is 21.8. The van der Waals surface area contributed by atoms with Crippen molar-refractivity contribution in [2.75, 3.05) is 13.2 Å². The Balaban J connectivity index is 1.55. The van der Waals surface area contributed by atoms with Crippen LogP contribution in [0.4, 0.5) is 0 Å². The highest BCUT2D eigenvalue weighted by molar-refractivity contribution is 6.08. The van der Waals surface area contributed by atoms with Crippen molar-refractivity contribution in [3.63, 3.8) is 0 Å². The minimum absolute atomic E-state index is 0.0102. The molecule has 1 aliphatic carbocycles. The van der Waals surface area contributed by atoms with Crippen LogP contribution in [0.15, 0.2) is 70.9 Å². The van der Waals surface area contributed by atoms with E-state index in [0.29, 0.717) is 35.4 Å². The number of nitrogens with zero attached hydrogens (tertiary/aromatic N) is 1. The molecule has 2 aromatic rings. The van der Waals surface area contributed by atoms with Gasteiger partial charge in [0.2, 0.25) is 0 Å². The number of rotatable bonds is 6. The number of carbonyl (C=O) groups excluding carboxylic acids is 2. The predicted molar refractivity (Wildman–Crippen MR) is 116 cm³/mol. The summed E-state index contributed by atoms with van der Waals surface area (Å²) in [6.07, 6.45) is 1.91. The van der Waals surface area contributed by atoms with Gasteiger partial charge in [0.25, 0.3) is 0 Å². The first-order chi connectivity index (χ1) is 15.0. The van der Waals surface area contributed by atoms with E-state index in [0.717, 1.165) is 12.1 Å². The Labute approximate surface area is 181 Å². The number of hydrogen-bond donors (Lipinski definition) is 1. The Morgan fingerprint density at radius 2 is 1.90 bits per heavy atom. The number of hydrogen-bond acceptors (Lipinski definition) is 6. The predicted octanol–water partition coefficient (Wildman–Crippen LogP) is 4.20. The van der Waals surface area contributed by atoms with Gasteiger partial charge in [-0.1, -0.05) is 30.3 Å². The molecule has 6 heteroatoms. The van der Waals surface area contributed by atoms with Crippen molar-refractivity contribution in [1.29, 1.82) is 0 Å². The molecular formula is C25H25NO5. The van der Waals surface area contributed by atoms with E-state index in [4.69, 9.17) is 9.47 Å². The molecule has 2 aliphatic rings. The molecular weight excluding hydrogens is 394 g/mol. The van der Waals surface area contributed by atoms with Crippen molar-refractivity contribution in [3.05, 3.63) is 71.4 Å². The first kappa shape index (κ1) is 20.8. The lowest BCUT2D eigenvalue weighted by molar-refractivity contribution is -0.147. The second kappa shape index (κ2) is 9.16. The van der Waals surface area contributed by atoms with E-state index in [1.165, 1.54) is 0 Å². The third kappa shape index (κ3) is 4.53. The lowest BCUT2D eigenvalue weighted by atomic mass is 9.72. The number of phenols is 1. The molecule has 0 aromatic heterocycles. The van der Waals surface area contributed by atoms with Gasteiger partial charge in [-0.3, -0.25) is 14.6 Å². The van der Waals surface area contributed by atoms with E-state index in [-0.39, 0.29) is 24.7 Å². The number of carbonyl (C=O) groups is 2. The van der Waals surface area contributed by atoms with Crippen LogP contribution in [0.2, 0.25) is 0 Å². The summed E-state index contributed by atoms with van der Waals surface area (Å²) in [6, 6.07) is 16.0. The molecule has 0 spiro atoms. The zero-order valence-corrected chi connectivity index (χ0v) is 17.4. The van der Waals surface area contributed by atoms with Crippen molar-refractivity contribution in [2.45, 2.75) is 32.1 Å². The lowest BCUT2D eigenvalue weighted by Crippen LogP contribution is -2.37. The summed E-state index contributed by atoms with van der Waals surface area (Å²) in [5, 5.41) is 10.0. The maximum atomic E-state index is 13.1. The van der Waals surface area contributed by atoms with E-state index in [9.17, 15) is 14.7 Å². The standard InChI is InChI=1S/C25H25NO5/c1-16-22(25(29)31-14-13-30-19-9-3-2-4-10-19)23(17-7-5-8-18(27)15-17)24-20(26-16)11-6-12-21(24)28/h2-5,7-10,15,22-23,27H,6,11-14H2,1H3/t22?,23-/m1/s1. The molecule has 6 nitrogen and oxygen atoms in total. The van der Waals surface area contributed by atoms with Crippen LogP contribution in [0.5, 0.6) is 11.5 Å². The summed E-state index contributed by atoms with van der Waals surface area (Å²) in [5.74, 6) is -0.887. The van der Waals surface area contributed by atoms with E-state index >= 15 is 0 Å². The Morgan fingerprint density at radius 3 is 2.68 bits per heavy atom. The van der Waals surface area contributed by atoms with Gasteiger partial charge in [-0.25, -0.2) is 0 Å². The SMILES string of the molecule is CC1=NC2=C(C(=O)CCC2)[C@H](c2cccc(O)c2)C1C(=O)OCCOc1ccccc1. The Kier molecular flexibility index (Phi) is 6.16. The topological polar surface area (TPSA) is 85.2 Å². The Hall–Kier alpha value is -3.41. The van der Waals surface area contributed by atoms with Gasteiger partial charge in [0.15, 0.2) is 5.78 Å². The van der Waals surface area contributed by atoms with E-state index in [1.54, 1.807) is 25.1 Å². The molecule has 1 aliphatic heterocycles. The van der Waals surface area contributed by atoms with Crippen LogP contribution in [-0.4, -0.2) is 35.8 Å². The van der Waals surface area contributed by atoms with Gasteiger partial charge < -0.3 is 14.6 Å². The molecule has 0 saturated heterocycles. The lowest BCUT2D eigenvalue weighted by Gasteiger charge is -2.34. The first-order valence-electron chi connectivity index (χ1n) is 10.5. The molecule has 2 atom stereocenters. The van der Waals surface area contributed by atoms with Crippen molar-refractivity contribution in [1.82, 2.24) is 0 Å². The molecule has 2 aromatic carbocycles. The van der Waals surface area contributed by atoms with Crippen LogP contribution < -0.4 is 4.74 Å². The summed E-state index contributed by atoms with van der Waals surface area (Å²) in [7, 11) is 0. The minimum atomic E-state index is -0.723. The number of para-hydroxylation sites is 1. The van der Waals surface area contributed by atoms with Gasteiger partial charge in [-0.15, -0.1) is 0 Å². The fourth-order valence-corrected chi connectivity index (χ4v) is 4.30. The second-order valence-electron chi connectivity index (χ2n) is 7.77. The number of ether oxygens (including phenoxy) is 2. The van der Waals surface area contributed by atoms with Crippen LogP contribution in [0.25, 0.3) is 0 Å². The van der Waals surface area contributed by atoms with Crippen LogP contribution in [0.1, 0.15) is 37.7 Å². The second-order valence-corrected chi connectivity index (χ2v) is 7.77. The van der Waals surface area contributed by atoms with E-state index in [1.807, 2.05) is 36.4 Å². The Morgan fingerprint density at radius 1 is 1.10 bits per heavy atom. The molecule has 1 N–H and O–H groups in total. The molecule has 31 heavy (non-hydrogen) atoms. The largest absolute Gasteiger partial charge is 0.508 e. The molecule has 0 bridgehead atoms. The Bertz CT molecular complexity index is 1040. The van der Waals surface area contributed by atoms with Crippen molar-refractivity contribution < 1.29 is 24.2 Å². The molecule has 160 valence electrons. The van der Waals surface area contributed by atoms with Gasteiger partial charge in [0.05, 0.1) is 0 Å². The minimum Gasteiger partial charge on any atom is -0.508 e. The summed E-state index contributed by atoms with van der Waals surface area (Å²) in [4.78, 5) is 30.6. The zero-order valence-electron chi connectivity index (χ0n) is 17.4. The summed E-state index contributed by atoms with van der Waals surface area (Å²) in [6.45, 7) is 2.11. The number of phenolic OH excluding ortho intramolecular Hbond substituents is 1. The molecule has 0 radical (unpaired) electrons. The first-order valence-corrected chi connectivity index (χ1v) is 10.5. The fourth-order valence-electron chi connectivity index (χ4n) is 4.30. The van der Waals surface area contributed by atoms with Crippen LogP contribution >= 0.6 is 0 Å². The summed E-state index contributed by atoms with van der Waals surface area (Å²) in [5.41, 5.74) is 2.65.